The van der Waals surface area contributed by atoms with Gasteiger partial charge in [-0.2, -0.15) is 14.6 Å². The maximum Gasteiger partial charge on any atom is 0.323 e. The quantitative estimate of drug-likeness (QED) is 0.424. The molecule has 0 unspecified atom stereocenters. The zero-order valence-corrected chi connectivity index (χ0v) is 17.2. The Hall–Kier alpha value is -2.91. The summed E-state index contributed by atoms with van der Waals surface area (Å²) in [4.78, 5) is 21.6. The molecule has 7 nitrogen and oxygen atoms in total. The van der Waals surface area contributed by atoms with E-state index in [1.165, 1.54) is 6.33 Å². The van der Waals surface area contributed by atoms with Crippen molar-refractivity contribution in [2.75, 3.05) is 10.6 Å². The van der Waals surface area contributed by atoms with Crippen molar-refractivity contribution >= 4 is 50.9 Å². The molecule has 0 fully saturated rings. The van der Waals surface area contributed by atoms with Crippen molar-refractivity contribution in [3.63, 3.8) is 0 Å². The Balaban J connectivity index is 1.42. The van der Waals surface area contributed by atoms with Gasteiger partial charge in [0.1, 0.15) is 11.4 Å². The number of benzene rings is 2. The van der Waals surface area contributed by atoms with Crippen LogP contribution in [0.15, 0.2) is 75.3 Å². The monoisotopic (exact) mass is 454 g/mol. The number of aromatic nitrogens is 4. The van der Waals surface area contributed by atoms with E-state index < -0.39 is 0 Å². The largest absolute Gasteiger partial charge is 0.323 e. The van der Waals surface area contributed by atoms with Gasteiger partial charge in [0.2, 0.25) is 0 Å². The van der Waals surface area contributed by atoms with Crippen LogP contribution in [0.25, 0.3) is 5.78 Å². The smallest absolute Gasteiger partial charge is 0.308 e. The van der Waals surface area contributed by atoms with Crippen LogP contribution in [-0.4, -0.2) is 25.6 Å². The van der Waals surface area contributed by atoms with E-state index in [1.54, 1.807) is 16.3 Å². The lowest BCUT2D eigenvalue weighted by Gasteiger charge is -2.09. The third-order valence-electron chi connectivity index (χ3n) is 3.78. The molecular formula is C19H15BrN6OS. The molecule has 0 spiro atoms. The molecule has 4 aromatic rings. The Morgan fingerprint density at radius 1 is 1.04 bits per heavy atom. The minimum atomic E-state index is -0.295. The Morgan fingerprint density at radius 2 is 1.68 bits per heavy atom. The molecule has 0 saturated heterocycles. The highest BCUT2D eigenvalue weighted by molar-refractivity contribution is 9.10. The van der Waals surface area contributed by atoms with Crippen LogP contribution in [-0.2, 0) is 0 Å². The molecule has 0 saturated carbocycles. The predicted octanol–water partition coefficient (Wildman–Crippen LogP) is 4.99. The lowest BCUT2D eigenvalue weighted by Crippen LogP contribution is -2.19. The molecule has 2 heterocycles. The second-order valence-corrected chi connectivity index (χ2v) is 7.93. The van der Waals surface area contributed by atoms with Gasteiger partial charge in [-0.05, 0) is 61.5 Å². The van der Waals surface area contributed by atoms with E-state index in [0.29, 0.717) is 11.5 Å². The molecule has 0 atom stereocenters. The molecule has 2 amide bonds. The summed E-state index contributed by atoms with van der Waals surface area (Å²) >= 11 is 4.92. The van der Waals surface area contributed by atoms with Crippen molar-refractivity contribution in [3.8, 4) is 0 Å². The number of anilines is 2. The number of carbonyl (C=O) groups excluding carboxylic acids is 1. The molecule has 0 aliphatic rings. The van der Waals surface area contributed by atoms with E-state index in [4.69, 9.17) is 0 Å². The highest BCUT2D eigenvalue weighted by Gasteiger charge is 2.08. The molecule has 2 N–H and O–H groups in total. The zero-order valence-electron chi connectivity index (χ0n) is 14.8. The minimum Gasteiger partial charge on any atom is -0.308 e. The SMILES string of the molecule is Cc1cc(Sc2ccc(NC(=O)Nc3ccc(Br)cc3)cc2)n2ncnc2n1. The van der Waals surface area contributed by atoms with Crippen LogP contribution in [0.2, 0.25) is 0 Å². The Bertz CT molecular complexity index is 1130. The number of rotatable bonds is 4. The van der Waals surface area contributed by atoms with Crippen molar-refractivity contribution in [2.24, 2.45) is 0 Å². The molecule has 4 rings (SSSR count). The predicted molar refractivity (Wildman–Crippen MR) is 113 cm³/mol. The summed E-state index contributed by atoms with van der Waals surface area (Å²) in [5.41, 5.74) is 2.31. The van der Waals surface area contributed by atoms with Crippen molar-refractivity contribution < 1.29 is 4.79 Å². The van der Waals surface area contributed by atoms with Crippen LogP contribution in [0.4, 0.5) is 16.2 Å². The topological polar surface area (TPSA) is 84.2 Å². The number of hydrogen-bond acceptors (Lipinski definition) is 5. The van der Waals surface area contributed by atoms with E-state index in [0.717, 1.165) is 25.8 Å². The number of amides is 2. The maximum atomic E-state index is 12.1. The van der Waals surface area contributed by atoms with Crippen LogP contribution < -0.4 is 10.6 Å². The first-order valence-electron chi connectivity index (χ1n) is 8.36. The number of nitrogens with one attached hydrogen (secondary N) is 2. The van der Waals surface area contributed by atoms with Crippen LogP contribution in [0.1, 0.15) is 5.69 Å². The summed E-state index contributed by atoms with van der Waals surface area (Å²) in [6, 6.07) is 16.7. The highest BCUT2D eigenvalue weighted by atomic mass is 79.9. The average molecular weight is 455 g/mol. The number of nitrogens with zero attached hydrogens (tertiary/aromatic N) is 4. The Morgan fingerprint density at radius 3 is 2.36 bits per heavy atom. The van der Waals surface area contributed by atoms with Crippen LogP contribution >= 0.6 is 27.7 Å². The summed E-state index contributed by atoms with van der Waals surface area (Å²) in [6.45, 7) is 1.93. The van der Waals surface area contributed by atoms with Gasteiger partial charge in [0, 0.05) is 26.4 Å². The third kappa shape index (κ3) is 4.32. The molecule has 0 bridgehead atoms. The lowest BCUT2D eigenvalue weighted by atomic mass is 10.3. The Labute approximate surface area is 173 Å². The molecule has 28 heavy (non-hydrogen) atoms. The first-order valence-corrected chi connectivity index (χ1v) is 9.97. The van der Waals surface area contributed by atoms with Gasteiger partial charge in [0.15, 0.2) is 0 Å². The van der Waals surface area contributed by atoms with Crippen molar-refractivity contribution in [2.45, 2.75) is 16.8 Å². The standard InChI is InChI=1S/C19H15BrN6OS/c1-12-10-17(26-18(23-12)21-11-22-26)28-16-8-6-15(7-9-16)25-19(27)24-14-4-2-13(20)3-5-14/h2-11H,1H3,(H2,24,25,27). The Kier molecular flexibility index (Phi) is 5.27. The molecule has 0 aliphatic carbocycles. The molecular weight excluding hydrogens is 440 g/mol. The maximum absolute atomic E-state index is 12.1. The van der Waals surface area contributed by atoms with Crippen LogP contribution in [0, 0.1) is 6.92 Å². The first-order chi connectivity index (χ1) is 13.6. The van der Waals surface area contributed by atoms with Gasteiger partial charge in [0.25, 0.3) is 5.78 Å². The molecule has 2 aromatic carbocycles. The van der Waals surface area contributed by atoms with Crippen LogP contribution in [0.3, 0.4) is 0 Å². The summed E-state index contributed by atoms with van der Waals surface area (Å²) in [6.07, 6.45) is 1.49. The number of carbonyl (C=O) groups is 1. The van der Waals surface area contributed by atoms with Crippen LogP contribution in [0.5, 0.6) is 0 Å². The average Bonchev–Trinajstić information content (AvgIpc) is 3.14. The third-order valence-corrected chi connectivity index (χ3v) is 5.32. The molecule has 140 valence electrons. The number of fused-ring (bicyclic) bond motifs is 1. The summed E-state index contributed by atoms with van der Waals surface area (Å²) < 4.78 is 2.66. The first kappa shape index (κ1) is 18.5. The number of halogens is 1. The van der Waals surface area contributed by atoms with Gasteiger partial charge in [0.05, 0.1) is 0 Å². The zero-order chi connectivity index (χ0) is 19.5. The van der Waals surface area contributed by atoms with Crippen molar-refractivity contribution in [3.05, 3.63) is 71.1 Å². The highest BCUT2D eigenvalue weighted by Crippen LogP contribution is 2.28. The number of aryl methyl sites for hydroxylation is 1. The van der Waals surface area contributed by atoms with Gasteiger partial charge < -0.3 is 10.6 Å². The molecule has 9 heteroatoms. The fourth-order valence-corrected chi connectivity index (χ4v) is 3.75. The summed E-state index contributed by atoms with van der Waals surface area (Å²) in [7, 11) is 0. The van der Waals surface area contributed by atoms with Crippen molar-refractivity contribution in [1.82, 2.24) is 19.6 Å². The van der Waals surface area contributed by atoms with Gasteiger partial charge in [-0.15, -0.1) is 0 Å². The second kappa shape index (κ2) is 7.99. The van der Waals surface area contributed by atoms with Gasteiger partial charge in [-0.3, -0.25) is 0 Å². The molecule has 0 aliphatic heterocycles. The van der Waals surface area contributed by atoms with E-state index in [1.807, 2.05) is 61.5 Å². The van der Waals surface area contributed by atoms with Gasteiger partial charge in [-0.1, -0.05) is 27.7 Å². The second-order valence-electron chi connectivity index (χ2n) is 5.92. The van der Waals surface area contributed by atoms with Crippen molar-refractivity contribution in [1.29, 1.82) is 0 Å². The van der Waals surface area contributed by atoms with Gasteiger partial charge >= 0.3 is 6.03 Å². The normalized spacial score (nSPS) is 10.8. The summed E-state index contributed by atoms with van der Waals surface area (Å²) in [5.74, 6) is 0.574. The number of urea groups is 1. The minimum absolute atomic E-state index is 0.295. The lowest BCUT2D eigenvalue weighted by molar-refractivity contribution is 0.262. The van der Waals surface area contributed by atoms with E-state index >= 15 is 0 Å². The molecule has 0 radical (unpaired) electrons. The fraction of sp³-hybridized carbons (Fsp3) is 0.0526. The fourth-order valence-electron chi connectivity index (χ4n) is 2.52. The van der Waals surface area contributed by atoms with E-state index in [-0.39, 0.29) is 6.03 Å². The van der Waals surface area contributed by atoms with Gasteiger partial charge in [-0.25, -0.2) is 9.78 Å². The number of hydrogen-bond donors (Lipinski definition) is 2. The van der Waals surface area contributed by atoms with E-state index in [9.17, 15) is 4.79 Å². The van der Waals surface area contributed by atoms with E-state index in [2.05, 4.69) is 41.6 Å². The molecule has 2 aromatic heterocycles. The summed E-state index contributed by atoms with van der Waals surface area (Å²) in [5, 5.41) is 10.8.